The maximum Gasteiger partial charge on any atom is 0.255 e. The van der Waals surface area contributed by atoms with Gasteiger partial charge in [0.25, 0.3) is 5.91 Å². The highest BCUT2D eigenvalue weighted by atomic mass is 35.5. The molecule has 0 spiro atoms. The summed E-state index contributed by atoms with van der Waals surface area (Å²) in [7, 11) is 0. The van der Waals surface area contributed by atoms with Crippen LogP contribution in [0.1, 0.15) is 10.4 Å². The molecule has 3 nitrogen and oxygen atoms in total. The van der Waals surface area contributed by atoms with Crippen LogP contribution in [0.4, 0.5) is 15.8 Å². The summed E-state index contributed by atoms with van der Waals surface area (Å²) in [6, 6.07) is 10.2. The van der Waals surface area contributed by atoms with Crippen LogP contribution in [0.3, 0.4) is 0 Å². The number of anilines is 2. The zero-order valence-corrected chi connectivity index (χ0v) is 10.0. The lowest BCUT2D eigenvalue weighted by Crippen LogP contribution is -2.12. The van der Waals surface area contributed by atoms with Gasteiger partial charge in [-0.05, 0) is 42.5 Å². The van der Waals surface area contributed by atoms with Crippen molar-refractivity contribution >= 4 is 28.9 Å². The van der Waals surface area contributed by atoms with Crippen LogP contribution in [0.2, 0.25) is 5.02 Å². The number of amides is 1. The van der Waals surface area contributed by atoms with Gasteiger partial charge in [-0.2, -0.15) is 0 Å². The van der Waals surface area contributed by atoms with Gasteiger partial charge in [0.2, 0.25) is 0 Å². The molecule has 0 aliphatic heterocycles. The average molecular weight is 265 g/mol. The Bertz CT molecular complexity index is 584. The van der Waals surface area contributed by atoms with Crippen molar-refractivity contribution < 1.29 is 9.18 Å². The van der Waals surface area contributed by atoms with Crippen LogP contribution < -0.4 is 11.1 Å². The third-order valence-corrected chi connectivity index (χ3v) is 2.68. The second-order valence-electron chi connectivity index (χ2n) is 3.70. The third kappa shape index (κ3) is 2.78. The lowest BCUT2D eigenvalue weighted by molar-refractivity contribution is 0.102. The number of nitrogen functional groups attached to an aromatic ring is 1. The second-order valence-corrected chi connectivity index (χ2v) is 4.11. The van der Waals surface area contributed by atoms with E-state index in [1.54, 1.807) is 24.3 Å². The first kappa shape index (κ1) is 12.4. The molecular formula is C13H10ClFN2O. The van der Waals surface area contributed by atoms with E-state index in [9.17, 15) is 9.18 Å². The Balaban J connectivity index is 2.21. The van der Waals surface area contributed by atoms with Crippen molar-refractivity contribution in [1.82, 2.24) is 0 Å². The van der Waals surface area contributed by atoms with Crippen molar-refractivity contribution in [3.8, 4) is 0 Å². The Kier molecular flexibility index (Phi) is 3.48. The van der Waals surface area contributed by atoms with Crippen LogP contribution in [0.25, 0.3) is 0 Å². The number of carbonyl (C=O) groups is 1. The lowest BCUT2D eigenvalue weighted by Gasteiger charge is -2.07. The van der Waals surface area contributed by atoms with E-state index in [1.165, 1.54) is 12.1 Å². The van der Waals surface area contributed by atoms with Crippen LogP contribution in [-0.4, -0.2) is 5.91 Å². The quantitative estimate of drug-likeness (QED) is 0.818. The molecule has 2 aromatic rings. The topological polar surface area (TPSA) is 55.1 Å². The number of hydrogen-bond donors (Lipinski definition) is 2. The molecule has 0 heterocycles. The summed E-state index contributed by atoms with van der Waals surface area (Å²) >= 11 is 5.85. The summed E-state index contributed by atoms with van der Waals surface area (Å²) in [6.45, 7) is 0. The van der Waals surface area contributed by atoms with Gasteiger partial charge in [-0.25, -0.2) is 4.39 Å². The third-order valence-electron chi connectivity index (χ3n) is 2.35. The first-order valence-electron chi connectivity index (χ1n) is 5.18. The number of benzene rings is 2. The van der Waals surface area contributed by atoms with Crippen molar-refractivity contribution in [3.63, 3.8) is 0 Å². The summed E-state index contributed by atoms with van der Waals surface area (Å²) < 4.78 is 13.0. The van der Waals surface area contributed by atoms with Crippen molar-refractivity contribution in [3.05, 3.63) is 58.9 Å². The Morgan fingerprint density at radius 3 is 2.50 bits per heavy atom. The Hall–Kier alpha value is -2.07. The Morgan fingerprint density at radius 2 is 1.83 bits per heavy atom. The molecule has 2 rings (SSSR count). The zero-order valence-electron chi connectivity index (χ0n) is 9.28. The van der Waals surface area contributed by atoms with Crippen molar-refractivity contribution in [2.24, 2.45) is 0 Å². The van der Waals surface area contributed by atoms with Crippen LogP contribution >= 0.6 is 11.6 Å². The fraction of sp³-hybridized carbons (Fsp3) is 0. The first-order chi connectivity index (χ1) is 8.56. The highest BCUT2D eigenvalue weighted by molar-refractivity contribution is 6.33. The highest BCUT2D eigenvalue weighted by Crippen LogP contribution is 2.23. The molecule has 0 saturated heterocycles. The van der Waals surface area contributed by atoms with E-state index in [-0.39, 0.29) is 16.6 Å². The number of nitrogens with one attached hydrogen (secondary N) is 1. The summed E-state index contributed by atoms with van der Waals surface area (Å²) in [6.07, 6.45) is 0. The summed E-state index contributed by atoms with van der Waals surface area (Å²) in [5, 5.41) is 2.81. The Labute approximate surface area is 108 Å². The smallest absolute Gasteiger partial charge is 0.255 e. The fourth-order valence-corrected chi connectivity index (χ4v) is 1.59. The predicted molar refractivity (Wildman–Crippen MR) is 70.2 cm³/mol. The molecule has 0 atom stereocenters. The molecule has 0 unspecified atom stereocenters. The molecule has 0 bridgehead atoms. The lowest BCUT2D eigenvalue weighted by atomic mass is 10.2. The van der Waals surface area contributed by atoms with Gasteiger partial charge in [-0.3, -0.25) is 4.79 Å². The van der Waals surface area contributed by atoms with Crippen molar-refractivity contribution in [2.45, 2.75) is 0 Å². The van der Waals surface area contributed by atoms with E-state index in [4.69, 9.17) is 17.3 Å². The predicted octanol–water partition coefficient (Wildman–Crippen LogP) is 3.31. The molecule has 0 radical (unpaired) electrons. The van der Waals surface area contributed by atoms with Crippen LogP contribution in [-0.2, 0) is 0 Å². The van der Waals surface area contributed by atoms with Gasteiger partial charge < -0.3 is 11.1 Å². The SMILES string of the molecule is Nc1ccc(C(=O)Nc2cc(F)ccc2Cl)cc1. The molecule has 5 heteroatoms. The Morgan fingerprint density at radius 1 is 1.17 bits per heavy atom. The molecule has 0 saturated carbocycles. The average Bonchev–Trinajstić information content (AvgIpc) is 2.34. The molecule has 1 amide bonds. The molecule has 0 fully saturated rings. The van der Waals surface area contributed by atoms with Crippen LogP contribution in [0.5, 0.6) is 0 Å². The number of rotatable bonds is 2. The molecule has 18 heavy (non-hydrogen) atoms. The van der Waals surface area contributed by atoms with Gasteiger partial charge in [0.1, 0.15) is 5.82 Å². The van der Waals surface area contributed by atoms with Gasteiger partial charge in [-0.15, -0.1) is 0 Å². The standard InChI is InChI=1S/C13H10ClFN2O/c14-11-6-3-9(15)7-12(11)17-13(18)8-1-4-10(16)5-2-8/h1-7H,16H2,(H,17,18). The normalized spacial score (nSPS) is 10.1. The van der Waals surface area contributed by atoms with E-state index < -0.39 is 5.82 Å². The summed E-state index contributed by atoms with van der Waals surface area (Å²) in [5.41, 5.74) is 6.74. The minimum absolute atomic E-state index is 0.235. The van der Waals surface area contributed by atoms with Gasteiger partial charge in [0.05, 0.1) is 10.7 Å². The number of nitrogens with two attached hydrogens (primary N) is 1. The van der Waals surface area contributed by atoms with E-state index in [1.807, 2.05) is 0 Å². The molecule has 3 N–H and O–H groups in total. The molecular weight excluding hydrogens is 255 g/mol. The van der Waals surface area contributed by atoms with Crippen molar-refractivity contribution in [2.75, 3.05) is 11.1 Å². The maximum atomic E-state index is 13.0. The minimum Gasteiger partial charge on any atom is -0.399 e. The molecule has 0 aliphatic rings. The maximum absolute atomic E-state index is 13.0. The number of halogens is 2. The van der Waals surface area contributed by atoms with E-state index in [2.05, 4.69) is 5.32 Å². The first-order valence-corrected chi connectivity index (χ1v) is 5.56. The van der Waals surface area contributed by atoms with Gasteiger partial charge in [-0.1, -0.05) is 11.6 Å². The monoisotopic (exact) mass is 264 g/mol. The molecule has 0 aromatic heterocycles. The highest BCUT2D eigenvalue weighted by Gasteiger charge is 2.09. The minimum atomic E-state index is -0.466. The van der Waals surface area contributed by atoms with Crippen LogP contribution in [0, 0.1) is 5.82 Å². The number of hydrogen-bond acceptors (Lipinski definition) is 2. The number of carbonyl (C=O) groups excluding carboxylic acids is 1. The van der Waals surface area contributed by atoms with E-state index in [0.29, 0.717) is 11.3 Å². The van der Waals surface area contributed by atoms with Gasteiger partial charge in [0.15, 0.2) is 0 Å². The zero-order chi connectivity index (χ0) is 13.1. The fourth-order valence-electron chi connectivity index (χ4n) is 1.42. The largest absolute Gasteiger partial charge is 0.399 e. The van der Waals surface area contributed by atoms with Gasteiger partial charge >= 0.3 is 0 Å². The summed E-state index contributed by atoms with van der Waals surface area (Å²) in [4.78, 5) is 11.9. The molecule has 2 aromatic carbocycles. The molecule has 0 aliphatic carbocycles. The van der Waals surface area contributed by atoms with Gasteiger partial charge in [0, 0.05) is 11.3 Å². The second kappa shape index (κ2) is 5.06. The van der Waals surface area contributed by atoms with Crippen molar-refractivity contribution in [1.29, 1.82) is 0 Å². The van der Waals surface area contributed by atoms with E-state index >= 15 is 0 Å². The molecule has 92 valence electrons. The van der Waals surface area contributed by atoms with Crippen LogP contribution in [0.15, 0.2) is 42.5 Å². The van der Waals surface area contributed by atoms with E-state index in [0.717, 1.165) is 6.07 Å². The summed E-state index contributed by atoms with van der Waals surface area (Å²) in [5.74, 6) is -0.838.